The van der Waals surface area contributed by atoms with Crippen molar-refractivity contribution >= 4 is 22.8 Å². The predicted octanol–water partition coefficient (Wildman–Crippen LogP) is 4.70. The second-order valence-corrected chi connectivity index (χ2v) is 8.65. The van der Waals surface area contributed by atoms with Crippen LogP contribution in [0.2, 0.25) is 0 Å². The highest BCUT2D eigenvalue weighted by molar-refractivity contribution is 5.85. The first-order valence-corrected chi connectivity index (χ1v) is 11.0. The van der Waals surface area contributed by atoms with Gasteiger partial charge >= 0.3 is 5.97 Å². The molecule has 6 heteroatoms. The molecule has 1 aromatic carbocycles. The predicted molar refractivity (Wildman–Crippen MR) is 118 cm³/mol. The number of para-hydroxylation sites is 2. The molecule has 0 spiro atoms. The quantitative estimate of drug-likeness (QED) is 0.618. The number of hydrogen-bond acceptors (Lipinski definition) is 6. The van der Waals surface area contributed by atoms with Gasteiger partial charge in [-0.25, -0.2) is 9.97 Å². The minimum atomic E-state index is -1.08. The smallest absolute Gasteiger partial charge is 0.329 e. The first-order valence-electron chi connectivity index (χ1n) is 11.0. The van der Waals surface area contributed by atoms with Gasteiger partial charge in [-0.3, -0.25) is 4.79 Å². The van der Waals surface area contributed by atoms with Crippen LogP contribution in [0.15, 0.2) is 24.3 Å². The van der Waals surface area contributed by atoms with E-state index in [1.807, 2.05) is 24.3 Å². The highest BCUT2D eigenvalue weighted by Gasteiger charge is 2.32. The molecular formula is C24H32N4O2. The molecule has 0 radical (unpaired) electrons. The van der Waals surface area contributed by atoms with E-state index in [-0.39, 0.29) is 0 Å². The number of nitrogens with zero attached hydrogens (tertiary/aromatic N) is 4. The Hall–Kier alpha value is -2.68. The van der Waals surface area contributed by atoms with Gasteiger partial charge in [0.2, 0.25) is 0 Å². The molecule has 0 amide bonds. The SMILES string of the molecule is CCC(CC)COC(=O)[C@@H](C#N)c1nc2ccccc2nc1N1C[C@H](C)C[C@H](C)C1. The molecule has 1 aromatic heterocycles. The van der Waals surface area contributed by atoms with Gasteiger partial charge in [0.25, 0.3) is 0 Å². The molecule has 2 heterocycles. The Bertz CT molecular complexity index is 909. The Morgan fingerprint density at radius 3 is 2.33 bits per heavy atom. The van der Waals surface area contributed by atoms with Crippen LogP contribution in [0.25, 0.3) is 11.0 Å². The minimum absolute atomic E-state index is 0.305. The lowest BCUT2D eigenvalue weighted by molar-refractivity contribution is -0.145. The van der Waals surface area contributed by atoms with Gasteiger partial charge in [-0.1, -0.05) is 52.7 Å². The summed E-state index contributed by atoms with van der Waals surface area (Å²) in [4.78, 5) is 24.7. The van der Waals surface area contributed by atoms with E-state index in [1.54, 1.807) is 0 Å². The summed E-state index contributed by atoms with van der Waals surface area (Å²) in [5, 5.41) is 9.89. The maximum Gasteiger partial charge on any atom is 0.329 e. The van der Waals surface area contributed by atoms with Crippen LogP contribution in [0.3, 0.4) is 0 Å². The van der Waals surface area contributed by atoms with E-state index in [1.165, 1.54) is 0 Å². The Morgan fingerprint density at radius 2 is 1.77 bits per heavy atom. The number of nitriles is 1. The minimum Gasteiger partial charge on any atom is -0.464 e. The summed E-state index contributed by atoms with van der Waals surface area (Å²) in [5.41, 5.74) is 1.86. The number of anilines is 1. The normalized spacial score (nSPS) is 20.2. The number of fused-ring (bicyclic) bond motifs is 1. The number of hydrogen-bond donors (Lipinski definition) is 0. The standard InChI is InChI=1S/C24H32N4O2/c1-5-18(6-2)15-30-24(29)19(12-25)22-23(28-13-16(3)11-17(4)14-28)27-21-10-8-7-9-20(21)26-22/h7-10,16-19H,5-6,11,13-15H2,1-4H3/t16-,17+,19-/m0/s1. The van der Waals surface area contributed by atoms with E-state index in [0.29, 0.717) is 41.4 Å². The summed E-state index contributed by atoms with van der Waals surface area (Å²) >= 11 is 0. The third-order valence-corrected chi connectivity index (χ3v) is 6.00. The average Bonchev–Trinajstić information content (AvgIpc) is 2.73. The summed E-state index contributed by atoms with van der Waals surface area (Å²) in [5.74, 6) is 0.346. The fraction of sp³-hybridized carbons (Fsp3) is 0.583. The number of piperidine rings is 1. The number of aromatic nitrogens is 2. The van der Waals surface area contributed by atoms with E-state index >= 15 is 0 Å². The Labute approximate surface area is 179 Å². The second-order valence-electron chi connectivity index (χ2n) is 8.65. The van der Waals surface area contributed by atoms with E-state index in [4.69, 9.17) is 14.7 Å². The number of benzene rings is 1. The van der Waals surface area contributed by atoms with E-state index in [0.717, 1.165) is 37.9 Å². The third-order valence-electron chi connectivity index (χ3n) is 6.00. The van der Waals surface area contributed by atoms with Gasteiger partial charge < -0.3 is 9.64 Å². The topological polar surface area (TPSA) is 79.1 Å². The third kappa shape index (κ3) is 4.89. The highest BCUT2D eigenvalue weighted by Crippen LogP contribution is 2.32. The molecule has 2 aromatic rings. The first-order chi connectivity index (χ1) is 14.5. The van der Waals surface area contributed by atoms with E-state index in [9.17, 15) is 10.1 Å². The van der Waals surface area contributed by atoms with Crippen LogP contribution in [0, 0.1) is 29.1 Å². The van der Waals surface area contributed by atoms with Crippen LogP contribution in [-0.2, 0) is 9.53 Å². The summed E-state index contributed by atoms with van der Waals surface area (Å²) in [6, 6.07) is 9.73. The maximum absolute atomic E-state index is 12.9. The van der Waals surface area contributed by atoms with Gasteiger partial charge in [0, 0.05) is 13.1 Å². The molecular weight excluding hydrogens is 376 g/mol. The Morgan fingerprint density at radius 1 is 1.17 bits per heavy atom. The van der Waals surface area contributed by atoms with Crippen LogP contribution in [-0.4, -0.2) is 35.6 Å². The van der Waals surface area contributed by atoms with Gasteiger partial charge in [0.1, 0.15) is 5.69 Å². The zero-order valence-electron chi connectivity index (χ0n) is 18.5. The zero-order chi connectivity index (χ0) is 21.7. The van der Waals surface area contributed by atoms with Crippen molar-refractivity contribution in [1.82, 2.24) is 9.97 Å². The first kappa shape index (κ1) is 22.0. The van der Waals surface area contributed by atoms with Crippen LogP contribution in [0.1, 0.15) is 58.6 Å². The summed E-state index contributed by atoms with van der Waals surface area (Å²) < 4.78 is 5.54. The summed E-state index contributed by atoms with van der Waals surface area (Å²) in [6.45, 7) is 10.6. The van der Waals surface area contributed by atoms with Crippen molar-refractivity contribution in [2.24, 2.45) is 17.8 Å². The van der Waals surface area contributed by atoms with Crippen molar-refractivity contribution in [2.75, 3.05) is 24.6 Å². The van der Waals surface area contributed by atoms with Crippen LogP contribution in [0.4, 0.5) is 5.82 Å². The van der Waals surface area contributed by atoms with E-state index in [2.05, 4.69) is 38.7 Å². The lowest BCUT2D eigenvalue weighted by Gasteiger charge is -2.36. The van der Waals surface area contributed by atoms with Gasteiger partial charge in [-0.2, -0.15) is 5.26 Å². The van der Waals surface area contributed by atoms with Gasteiger partial charge in [0.15, 0.2) is 11.7 Å². The molecule has 1 aliphatic rings. The van der Waals surface area contributed by atoms with Gasteiger partial charge in [-0.15, -0.1) is 0 Å². The number of carbonyl (C=O) groups excluding carboxylic acids is 1. The molecule has 6 nitrogen and oxygen atoms in total. The van der Waals surface area contributed by atoms with Crippen LogP contribution in [0.5, 0.6) is 0 Å². The van der Waals surface area contributed by atoms with Crippen molar-refractivity contribution in [3.05, 3.63) is 30.0 Å². The second kappa shape index (κ2) is 9.88. The molecule has 3 rings (SSSR count). The lowest BCUT2D eigenvalue weighted by atomic mass is 9.91. The number of rotatable bonds is 7. The molecule has 0 saturated carbocycles. The van der Waals surface area contributed by atoms with Crippen molar-refractivity contribution in [3.8, 4) is 6.07 Å². The molecule has 0 aliphatic carbocycles. The molecule has 0 N–H and O–H groups in total. The number of esters is 1. The fourth-order valence-corrected chi connectivity index (χ4v) is 4.30. The largest absolute Gasteiger partial charge is 0.464 e. The Kier molecular flexibility index (Phi) is 7.25. The molecule has 1 saturated heterocycles. The molecule has 30 heavy (non-hydrogen) atoms. The van der Waals surface area contributed by atoms with Gasteiger partial charge in [0.05, 0.1) is 23.7 Å². The monoisotopic (exact) mass is 408 g/mol. The Balaban J connectivity index is 1.99. The summed E-state index contributed by atoms with van der Waals surface area (Å²) in [7, 11) is 0. The average molecular weight is 409 g/mol. The van der Waals surface area contributed by atoms with Crippen molar-refractivity contribution in [3.63, 3.8) is 0 Å². The van der Waals surface area contributed by atoms with Gasteiger partial charge in [-0.05, 0) is 36.3 Å². The molecule has 3 atom stereocenters. The highest BCUT2D eigenvalue weighted by atomic mass is 16.5. The maximum atomic E-state index is 12.9. The molecule has 0 unspecified atom stereocenters. The molecule has 1 aliphatic heterocycles. The lowest BCUT2D eigenvalue weighted by Crippen LogP contribution is -2.40. The van der Waals surface area contributed by atoms with Crippen molar-refractivity contribution in [1.29, 1.82) is 5.26 Å². The van der Waals surface area contributed by atoms with Crippen LogP contribution >= 0.6 is 0 Å². The van der Waals surface area contributed by atoms with E-state index < -0.39 is 11.9 Å². The van der Waals surface area contributed by atoms with Crippen molar-refractivity contribution in [2.45, 2.75) is 52.9 Å². The molecule has 1 fully saturated rings. The van der Waals surface area contributed by atoms with Crippen molar-refractivity contribution < 1.29 is 9.53 Å². The molecule has 0 bridgehead atoms. The summed E-state index contributed by atoms with van der Waals surface area (Å²) in [6.07, 6.45) is 3.03. The zero-order valence-corrected chi connectivity index (χ0v) is 18.5. The van der Waals surface area contributed by atoms with Crippen LogP contribution < -0.4 is 4.90 Å². The number of ether oxygens (including phenoxy) is 1. The fourth-order valence-electron chi connectivity index (χ4n) is 4.30. The molecule has 160 valence electrons. The number of carbonyl (C=O) groups is 1.